The summed E-state index contributed by atoms with van der Waals surface area (Å²) in [5.41, 5.74) is 0.982. The Morgan fingerprint density at radius 2 is 1.84 bits per heavy atom. The summed E-state index contributed by atoms with van der Waals surface area (Å²) in [5, 5.41) is 3.04. The van der Waals surface area contributed by atoms with E-state index in [9.17, 15) is 9.59 Å². The quantitative estimate of drug-likeness (QED) is 0.926. The minimum Gasteiger partial charge on any atom is -0.496 e. The molecule has 2 amide bonds. The van der Waals surface area contributed by atoms with Gasteiger partial charge in [-0.3, -0.25) is 14.6 Å². The lowest BCUT2D eigenvalue weighted by Gasteiger charge is -2.32. The standard InChI is InChI=1S/C19H21N3O3/c1-25-17-8-3-2-6-15(17)18(23)21-14-9-12-22(13-10-14)19(24)16-7-4-5-11-20-16/h2-8,11,14H,9-10,12-13H2,1H3,(H,21,23). The first-order valence-corrected chi connectivity index (χ1v) is 8.33. The first-order chi connectivity index (χ1) is 12.2. The van der Waals surface area contributed by atoms with Crippen molar-refractivity contribution < 1.29 is 14.3 Å². The largest absolute Gasteiger partial charge is 0.496 e. The van der Waals surface area contributed by atoms with Gasteiger partial charge in [0.1, 0.15) is 11.4 Å². The molecule has 3 rings (SSSR count). The van der Waals surface area contributed by atoms with Gasteiger partial charge in [0.15, 0.2) is 0 Å². The number of pyridine rings is 1. The van der Waals surface area contributed by atoms with E-state index in [1.165, 1.54) is 0 Å². The summed E-state index contributed by atoms with van der Waals surface area (Å²) in [4.78, 5) is 30.7. The van der Waals surface area contributed by atoms with Gasteiger partial charge in [0.2, 0.25) is 0 Å². The van der Waals surface area contributed by atoms with Crippen molar-refractivity contribution in [2.75, 3.05) is 20.2 Å². The Bertz CT molecular complexity index is 741. The molecule has 1 aliphatic rings. The molecule has 0 bridgehead atoms. The van der Waals surface area contributed by atoms with Gasteiger partial charge in [-0.25, -0.2) is 0 Å². The van der Waals surface area contributed by atoms with Crippen molar-refractivity contribution in [3.63, 3.8) is 0 Å². The molecule has 1 N–H and O–H groups in total. The van der Waals surface area contributed by atoms with E-state index < -0.39 is 0 Å². The van der Waals surface area contributed by atoms with Crippen molar-refractivity contribution in [1.29, 1.82) is 0 Å². The van der Waals surface area contributed by atoms with Crippen LogP contribution in [0.4, 0.5) is 0 Å². The molecule has 1 saturated heterocycles. The van der Waals surface area contributed by atoms with Crippen molar-refractivity contribution in [2.45, 2.75) is 18.9 Å². The normalized spacial score (nSPS) is 14.8. The number of aromatic nitrogens is 1. The second-order valence-electron chi connectivity index (χ2n) is 5.96. The molecule has 1 aromatic heterocycles. The number of methoxy groups -OCH3 is 1. The Morgan fingerprint density at radius 3 is 2.52 bits per heavy atom. The van der Waals surface area contributed by atoms with Crippen LogP contribution in [0.25, 0.3) is 0 Å². The van der Waals surface area contributed by atoms with Crippen molar-refractivity contribution in [3.8, 4) is 5.75 Å². The van der Waals surface area contributed by atoms with Crippen molar-refractivity contribution >= 4 is 11.8 Å². The highest BCUT2D eigenvalue weighted by atomic mass is 16.5. The van der Waals surface area contributed by atoms with E-state index in [1.807, 2.05) is 12.1 Å². The number of carbonyl (C=O) groups excluding carboxylic acids is 2. The van der Waals surface area contributed by atoms with Crippen molar-refractivity contribution in [2.24, 2.45) is 0 Å². The highest BCUT2D eigenvalue weighted by Crippen LogP contribution is 2.19. The van der Waals surface area contributed by atoms with Gasteiger partial charge in [0.25, 0.3) is 11.8 Å². The average molecular weight is 339 g/mol. The van der Waals surface area contributed by atoms with Crippen molar-refractivity contribution in [1.82, 2.24) is 15.2 Å². The summed E-state index contributed by atoms with van der Waals surface area (Å²) in [7, 11) is 1.55. The molecule has 0 radical (unpaired) electrons. The van der Waals surface area contributed by atoms with Crippen LogP contribution in [0.5, 0.6) is 5.75 Å². The molecule has 0 aliphatic carbocycles. The summed E-state index contributed by atoms with van der Waals surface area (Å²) in [6, 6.07) is 12.5. The van der Waals surface area contributed by atoms with Crippen LogP contribution in [0, 0.1) is 0 Å². The minimum absolute atomic E-state index is 0.0465. The molecule has 0 atom stereocenters. The van der Waals surface area contributed by atoms with E-state index in [0.717, 1.165) is 12.8 Å². The van der Waals surface area contributed by atoms with E-state index in [4.69, 9.17) is 4.74 Å². The third-order valence-electron chi connectivity index (χ3n) is 4.35. The van der Waals surface area contributed by atoms with Gasteiger partial charge in [-0.2, -0.15) is 0 Å². The Hall–Kier alpha value is -2.89. The molecule has 1 fully saturated rings. The summed E-state index contributed by atoms with van der Waals surface area (Å²) >= 11 is 0. The number of carbonyl (C=O) groups is 2. The van der Waals surface area contributed by atoms with Gasteiger partial charge in [-0.05, 0) is 37.1 Å². The Kier molecular flexibility index (Phi) is 5.28. The topological polar surface area (TPSA) is 71.5 Å². The smallest absolute Gasteiger partial charge is 0.272 e. The highest BCUT2D eigenvalue weighted by Gasteiger charge is 2.25. The van der Waals surface area contributed by atoms with Gasteiger partial charge in [-0.15, -0.1) is 0 Å². The monoisotopic (exact) mass is 339 g/mol. The number of para-hydroxylation sites is 1. The van der Waals surface area contributed by atoms with Gasteiger partial charge in [0, 0.05) is 25.3 Å². The van der Waals surface area contributed by atoms with Gasteiger partial charge >= 0.3 is 0 Å². The number of nitrogens with one attached hydrogen (secondary N) is 1. The summed E-state index contributed by atoms with van der Waals surface area (Å²) in [5.74, 6) is 0.352. The molecule has 1 aliphatic heterocycles. The molecule has 1 aromatic carbocycles. The Morgan fingerprint density at radius 1 is 1.12 bits per heavy atom. The van der Waals surface area contributed by atoms with Crippen LogP contribution < -0.4 is 10.1 Å². The van der Waals surface area contributed by atoms with Crippen LogP contribution in [0.15, 0.2) is 48.7 Å². The lowest BCUT2D eigenvalue weighted by molar-refractivity contribution is 0.0692. The fourth-order valence-electron chi connectivity index (χ4n) is 2.97. The number of amides is 2. The highest BCUT2D eigenvalue weighted by molar-refractivity contribution is 5.97. The molecule has 6 nitrogen and oxygen atoms in total. The number of hydrogen-bond acceptors (Lipinski definition) is 4. The lowest BCUT2D eigenvalue weighted by atomic mass is 10.0. The molecule has 0 unspecified atom stereocenters. The molecular formula is C19H21N3O3. The number of benzene rings is 1. The van der Waals surface area contributed by atoms with E-state index in [0.29, 0.717) is 30.1 Å². The van der Waals surface area contributed by atoms with Gasteiger partial charge in [0.05, 0.1) is 12.7 Å². The zero-order valence-electron chi connectivity index (χ0n) is 14.1. The third kappa shape index (κ3) is 3.96. The third-order valence-corrected chi connectivity index (χ3v) is 4.35. The first kappa shape index (κ1) is 17.0. The molecule has 2 heterocycles. The molecule has 0 saturated carbocycles. The second-order valence-corrected chi connectivity index (χ2v) is 5.96. The van der Waals surface area contributed by atoms with E-state index >= 15 is 0 Å². The predicted molar refractivity (Wildman–Crippen MR) is 93.6 cm³/mol. The minimum atomic E-state index is -0.146. The SMILES string of the molecule is COc1ccccc1C(=O)NC1CCN(C(=O)c2ccccn2)CC1. The lowest BCUT2D eigenvalue weighted by Crippen LogP contribution is -2.46. The number of nitrogens with zero attached hydrogens (tertiary/aromatic N) is 2. The number of piperidine rings is 1. The summed E-state index contributed by atoms with van der Waals surface area (Å²) < 4.78 is 5.23. The van der Waals surface area contributed by atoms with Gasteiger partial charge < -0.3 is 15.0 Å². The van der Waals surface area contributed by atoms with Crippen molar-refractivity contribution in [3.05, 3.63) is 59.9 Å². The molecule has 130 valence electrons. The molecule has 25 heavy (non-hydrogen) atoms. The van der Waals surface area contributed by atoms with Crippen LogP contribution in [0.3, 0.4) is 0 Å². The molecular weight excluding hydrogens is 318 g/mol. The summed E-state index contributed by atoms with van der Waals surface area (Å²) in [6.45, 7) is 1.21. The Balaban J connectivity index is 1.56. The maximum atomic E-state index is 12.4. The number of hydrogen-bond donors (Lipinski definition) is 1. The van der Waals surface area contributed by atoms with Crippen LogP contribution in [0.2, 0.25) is 0 Å². The maximum Gasteiger partial charge on any atom is 0.272 e. The fraction of sp³-hybridized carbons (Fsp3) is 0.316. The maximum absolute atomic E-state index is 12.4. The number of rotatable bonds is 4. The molecule has 0 spiro atoms. The van der Waals surface area contributed by atoms with E-state index in [1.54, 1.807) is 48.5 Å². The van der Waals surface area contributed by atoms with Crippen LogP contribution in [-0.4, -0.2) is 47.9 Å². The summed E-state index contributed by atoms with van der Waals surface area (Å²) in [6.07, 6.45) is 3.06. The predicted octanol–water partition coefficient (Wildman–Crippen LogP) is 2.12. The van der Waals surface area contributed by atoms with E-state index in [-0.39, 0.29) is 17.9 Å². The average Bonchev–Trinajstić information content (AvgIpc) is 2.68. The van der Waals surface area contributed by atoms with Crippen LogP contribution >= 0.6 is 0 Å². The molecule has 6 heteroatoms. The Labute approximate surface area is 146 Å². The van der Waals surface area contributed by atoms with Crippen LogP contribution in [0.1, 0.15) is 33.7 Å². The van der Waals surface area contributed by atoms with Gasteiger partial charge in [-0.1, -0.05) is 18.2 Å². The fourth-order valence-corrected chi connectivity index (χ4v) is 2.97. The number of ether oxygens (including phenoxy) is 1. The number of likely N-dealkylation sites (tertiary alicyclic amines) is 1. The zero-order valence-corrected chi connectivity index (χ0v) is 14.1. The van der Waals surface area contributed by atoms with E-state index in [2.05, 4.69) is 10.3 Å². The van der Waals surface area contributed by atoms with Crippen LogP contribution in [-0.2, 0) is 0 Å². The zero-order chi connectivity index (χ0) is 17.6. The second kappa shape index (κ2) is 7.79. The molecule has 2 aromatic rings. The first-order valence-electron chi connectivity index (χ1n) is 8.33.